The van der Waals surface area contributed by atoms with Crippen LogP contribution in [0.1, 0.15) is 32.8 Å². The first kappa shape index (κ1) is 23.6. The number of ether oxygens (including phenoxy) is 1. The number of nitrogens with one attached hydrogen (secondary N) is 3. The number of aliphatic imine (C=N–C) groups is 1. The van der Waals surface area contributed by atoms with Crippen molar-refractivity contribution in [2.24, 2.45) is 10.9 Å². The van der Waals surface area contributed by atoms with Gasteiger partial charge in [-0.05, 0) is 31.0 Å². The van der Waals surface area contributed by atoms with Crippen molar-refractivity contribution in [1.82, 2.24) is 10.6 Å². The van der Waals surface area contributed by atoms with Crippen LogP contribution in [-0.2, 0) is 16.1 Å². The van der Waals surface area contributed by atoms with Gasteiger partial charge in [-0.1, -0.05) is 26.0 Å². The van der Waals surface area contributed by atoms with Gasteiger partial charge in [0.1, 0.15) is 0 Å². The van der Waals surface area contributed by atoms with E-state index in [4.69, 9.17) is 4.74 Å². The second kappa shape index (κ2) is 13.9. The first-order valence-corrected chi connectivity index (χ1v) is 8.52. The molecule has 142 valence electrons. The van der Waals surface area contributed by atoms with Crippen LogP contribution in [0.5, 0.6) is 0 Å². The molecule has 0 saturated heterocycles. The molecule has 0 aliphatic heterocycles. The molecule has 0 aromatic heterocycles. The third-order valence-corrected chi connectivity index (χ3v) is 3.68. The summed E-state index contributed by atoms with van der Waals surface area (Å²) < 4.78 is 5.29. The van der Waals surface area contributed by atoms with Gasteiger partial charge in [-0.2, -0.15) is 0 Å². The zero-order valence-corrected chi connectivity index (χ0v) is 17.9. The van der Waals surface area contributed by atoms with Crippen molar-refractivity contribution < 1.29 is 9.53 Å². The predicted molar refractivity (Wildman–Crippen MR) is 115 cm³/mol. The lowest BCUT2D eigenvalue weighted by molar-refractivity contribution is -0.119. The highest BCUT2D eigenvalue weighted by Crippen LogP contribution is 2.13. The van der Waals surface area contributed by atoms with Crippen LogP contribution in [0, 0.1) is 5.92 Å². The number of amides is 1. The Hall–Kier alpha value is -1.35. The fourth-order valence-electron chi connectivity index (χ4n) is 2.00. The summed E-state index contributed by atoms with van der Waals surface area (Å²) in [6.45, 7) is 8.60. The molecular weight excluding hydrogens is 431 g/mol. The van der Waals surface area contributed by atoms with E-state index < -0.39 is 0 Å². The maximum atomic E-state index is 12.0. The topological polar surface area (TPSA) is 74.8 Å². The quantitative estimate of drug-likeness (QED) is 0.228. The molecule has 1 unspecified atom stereocenters. The molecule has 0 radical (unpaired) electrons. The number of carbonyl (C=O) groups is 1. The number of guanidine groups is 1. The largest absolute Gasteiger partial charge is 0.380 e. The van der Waals surface area contributed by atoms with Crippen LogP contribution in [0.4, 0.5) is 5.69 Å². The van der Waals surface area contributed by atoms with Crippen molar-refractivity contribution in [3.8, 4) is 0 Å². The van der Waals surface area contributed by atoms with Crippen molar-refractivity contribution in [3.63, 3.8) is 0 Å². The van der Waals surface area contributed by atoms with E-state index in [1.807, 2.05) is 45.0 Å². The van der Waals surface area contributed by atoms with Crippen molar-refractivity contribution in [3.05, 3.63) is 29.8 Å². The van der Waals surface area contributed by atoms with Crippen LogP contribution in [0.15, 0.2) is 29.3 Å². The fourth-order valence-corrected chi connectivity index (χ4v) is 2.00. The summed E-state index contributed by atoms with van der Waals surface area (Å²) >= 11 is 0. The summed E-state index contributed by atoms with van der Waals surface area (Å²) in [7, 11) is 1.73. The van der Waals surface area contributed by atoms with Crippen LogP contribution < -0.4 is 16.0 Å². The normalized spacial score (nSPS) is 12.1. The molecule has 0 aliphatic carbocycles. The molecular formula is C18H31IN4O2. The van der Waals surface area contributed by atoms with E-state index in [2.05, 4.69) is 20.9 Å². The average molecular weight is 462 g/mol. The highest BCUT2D eigenvalue weighted by atomic mass is 127. The Balaban J connectivity index is 0.00000576. The molecule has 1 rings (SSSR count). The lowest BCUT2D eigenvalue weighted by Crippen LogP contribution is -2.38. The Kier molecular flexibility index (Phi) is 13.1. The molecule has 1 aromatic carbocycles. The van der Waals surface area contributed by atoms with Gasteiger partial charge in [0.25, 0.3) is 0 Å². The zero-order valence-electron chi connectivity index (χ0n) is 15.6. The molecule has 0 aliphatic rings. The molecule has 25 heavy (non-hydrogen) atoms. The molecule has 0 saturated carbocycles. The minimum absolute atomic E-state index is 0. The predicted octanol–water partition coefficient (Wildman–Crippen LogP) is 2.99. The SMILES string of the molecule is CCOCCNC(=NC)NCc1cccc(NC(=O)C(C)CC)c1.I. The van der Waals surface area contributed by atoms with Crippen LogP contribution in [0.2, 0.25) is 0 Å². The van der Waals surface area contributed by atoms with E-state index in [0.29, 0.717) is 26.3 Å². The van der Waals surface area contributed by atoms with E-state index in [9.17, 15) is 4.79 Å². The van der Waals surface area contributed by atoms with Gasteiger partial charge < -0.3 is 20.7 Å². The van der Waals surface area contributed by atoms with Gasteiger partial charge in [-0.15, -0.1) is 24.0 Å². The standard InChI is InChI=1S/C18H30N4O2.HI/c1-5-14(3)17(23)22-16-9-7-8-15(12-16)13-21-18(19-4)20-10-11-24-6-2;/h7-9,12,14H,5-6,10-11,13H2,1-4H3,(H,22,23)(H2,19,20,21);1H. The number of anilines is 1. The monoisotopic (exact) mass is 462 g/mol. The Morgan fingerprint density at radius 3 is 2.68 bits per heavy atom. The summed E-state index contributed by atoms with van der Waals surface area (Å²) in [5, 5.41) is 9.39. The number of hydrogen-bond acceptors (Lipinski definition) is 3. The average Bonchev–Trinajstić information content (AvgIpc) is 2.60. The smallest absolute Gasteiger partial charge is 0.227 e. The number of hydrogen-bond donors (Lipinski definition) is 3. The molecule has 3 N–H and O–H groups in total. The molecule has 1 atom stereocenters. The summed E-state index contributed by atoms with van der Waals surface area (Å²) in [4.78, 5) is 16.1. The minimum Gasteiger partial charge on any atom is -0.380 e. The third-order valence-electron chi connectivity index (χ3n) is 3.68. The highest BCUT2D eigenvalue weighted by Gasteiger charge is 2.10. The summed E-state index contributed by atoms with van der Waals surface area (Å²) in [6.07, 6.45) is 0.830. The molecule has 1 aromatic rings. The Morgan fingerprint density at radius 2 is 2.04 bits per heavy atom. The Labute approximate surface area is 168 Å². The van der Waals surface area contributed by atoms with E-state index in [1.165, 1.54) is 0 Å². The van der Waals surface area contributed by atoms with Gasteiger partial charge in [0.05, 0.1) is 6.61 Å². The van der Waals surface area contributed by atoms with E-state index in [-0.39, 0.29) is 35.8 Å². The van der Waals surface area contributed by atoms with Crippen LogP contribution in [-0.4, -0.2) is 38.7 Å². The second-order valence-corrected chi connectivity index (χ2v) is 5.55. The highest BCUT2D eigenvalue weighted by molar-refractivity contribution is 14.0. The fraction of sp³-hybridized carbons (Fsp3) is 0.556. The van der Waals surface area contributed by atoms with Gasteiger partial charge in [0.2, 0.25) is 5.91 Å². The molecule has 7 heteroatoms. The van der Waals surface area contributed by atoms with Gasteiger partial charge in [0.15, 0.2) is 5.96 Å². The van der Waals surface area contributed by atoms with Gasteiger partial charge in [0, 0.05) is 38.3 Å². The van der Waals surface area contributed by atoms with E-state index in [0.717, 1.165) is 23.6 Å². The lowest BCUT2D eigenvalue weighted by Gasteiger charge is -2.13. The molecule has 0 spiro atoms. The van der Waals surface area contributed by atoms with E-state index in [1.54, 1.807) is 7.05 Å². The zero-order chi connectivity index (χ0) is 17.8. The molecule has 0 heterocycles. The maximum Gasteiger partial charge on any atom is 0.227 e. The Morgan fingerprint density at radius 1 is 1.28 bits per heavy atom. The summed E-state index contributed by atoms with van der Waals surface area (Å²) in [5.74, 6) is 0.792. The van der Waals surface area contributed by atoms with Crippen molar-refractivity contribution in [2.75, 3.05) is 32.1 Å². The van der Waals surface area contributed by atoms with E-state index >= 15 is 0 Å². The van der Waals surface area contributed by atoms with Crippen LogP contribution >= 0.6 is 24.0 Å². The van der Waals surface area contributed by atoms with Gasteiger partial charge >= 0.3 is 0 Å². The van der Waals surface area contributed by atoms with Gasteiger partial charge in [-0.25, -0.2) is 0 Å². The number of nitrogens with zero attached hydrogens (tertiary/aromatic N) is 1. The second-order valence-electron chi connectivity index (χ2n) is 5.55. The van der Waals surface area contributed by atoms with Crippen LogP contribution in [0.25, 0.3) is 0 Å². The number of rotatable bonds is 9. The Bertz CT molecular complexity index is 538. The molecule has 0 fully saturated rings. The molecule has 6 nitrogen and oxygen atoms in total. The van der Waals surface area contributed by atoms with Crippen molar-refractivity contribution in [1.29, 1.82) is 0 Å². The first-order valence-electron chi connectivity index (χ1n) is 8.52. The first-order chi connectivity index (χ1) is 11.6. The van der Waals surface area contributed by atoms with Gasteiger partial charge in [-0.3, -0.25) is 9.79 Å². The van der Waals surface area contributed by atoms with Crippen LogP contribution in [0.3, 0.4) is 0 Å². The summed E-state index contributed by atoms with van der Waals surface area (Å²) in [6, 6.07) is 7.83. The lowest BCUT2D eigenvalue weighted by atomic mass is 10.1. The van der Waals surface area contributed by atoms with Crippen molar-refractivity contribution in [2.45, 2.75) is 33.7 Å². The minimum atomic E-state index is 0. The van der Waals surface area contributed by atoms with Crippen molar-refractivity contribution >= 4 is 41.5 Å². The molecule has 0 bridgehead atoms. The molecule has 1 amide bonds. The number of benzene rings is 1. The third kappa shape index (κ3) is 9.64. The number of halogens is 1. The maximum absolute atomic E-state index is 12.0. The number of carbonyl (C=O) groups excluding carboxylic acids is 1. The summed E-state index contributed by atoms with van der Waals surface area (Å²) in [5.41, 5.74) is 1.89.